The fourth-order valence-corrected chi connectivity index (χ4v) is 1.98. The van der Waals surface area contributed by atoms with Crippen molar-refractivity contribution < 1.29 is 103 Å². The van der Waals surface area contributed by atoms with Crippen molar-refractivity contribution in [3.8, 4) is 0 Å². The maximum absolute atomic E-state index is 4.74. The fourth-order valence-electron chi connectivity index (χ4n) is 1.98. The van der Waals surface area contributed by atoms with Gasteiger partial charge in [-0.3, -0.25) is 4.74 Å². The Morgan fingerprint density at radius 2 is 1.63 bits per heavy atom. The molecule has 4 rings (SSSR count). The van der Waals surface area contributed by atoms with Crippen LogP contribution in [0, 0.1) is 43.8 Å². The van der Waals surface area contributed by atoms with E-state index in [2.05, 4.69) is 56.1 Å². The predicted octanol–water partition coefficient (Wildman–Crippen LogP) is 3.16. The topological polar surface area (TPSA) is 22.2 Å². The molecule has 30 heavy (non-hydrogen) atoms. The molecule has 8 heteroatoms. The number of ether oxygens (including phenoxy) is 1. The van der Waals surface area contributed by atoms with Crippen molar-refractivity contribution in [1.82, 2.24) is 19.6 Å². The van der Waals surface area contributed by atoms with Crippen LogP contribution in [0.1, 0.15) is 26.2 Å². The Kier molecular flexibility index (Phi) is 26.8. The summed E-state index contributed by atoms with van der Waals surface area (Å²) in [4.78, 5) is 7.92. The molecule has 0 bridgehead atoms. The van der Waals surface area contributed by atoms with Crippen LogP contribution in [-0.2, 0) is 103 Å². The van der Waals surface area contributed by atoms with Crippen LogP contribution in [0.3, 0.4) is 0 Å². The minimum absolute atomic E-state index is 0. The first kappa shape index (κ1) is 35.2. The van der Waals surface area contributed by atoms with Crippen LogP contribution in [0.15, 0.2) is 30.9 Å². The number of nitrogens with zero attached hydrogens (tertiary/aromatic N) is 4. The zero-order valence-electron chi connectivity index (χ0n) is 18.9. The van der Waals surface area contributed by atoms with E-state index in [1.165, 1.54) is 6.42 Å². The molecular weight excluding hydrogens is 603 g/mol. The van der Waals surface area contributed by atoms with Gasteiger partial charge in [0.05, 0.1) is 12.6 Å². The van der Waals surface area contributed by atoms with Gasteiger partial charge in [0.25, 0.3) is 6.20 Å². The van der Waals surface area contributed by atoms with Gasteiger partial charge < -0.3 is 19.6 Å². The monoisotopic (exact) mass is 634 g/mol. The van der Waals surface area contributed by atoms with Crippen LogP contribution >= 0.6 is 0 Å². The van der Waals surface area contributed by atoms with Crippen molar-refractivity contribution in [2.45, 2.75) is 32.2 Å². The average molecular weight is 634 g/mol. The van der Waals surface area contributed by atoms with Crippen molar-refractivity contribution in [2.24, 2.45) is 0 Å². The van der Waals surface area contributed by atoms with Crippen LogP contribution in [0.25, 0.3) is 0 Å². The molecule has 0 spiro atoms. The molecule has 4 heterocycles. The molecule has 5 nitrogen and oxygen atoms in total. The number of hydrogen-bond donors (Lipinski definition) is 0. The molecular formula is C22H31N4OY3+. The van der Waals surface area contributed by atoms with E-state index in [9.17, 15) is 0 Å². The Labute approximate surface area is 260 Å². The second kappa shape index (κ2) is 22.8. The zero-order chi connectivity index (χ0) is 19.9. The number of rotatable bonds is 0. The number of likely N-dealkylation sites (N-methyl/N-ethyl adjacent to an activating group) is 1. The van der Waals surface area contributed by atoms with Gasteiger partial charge in [-0.15, -0.1) is 6.08 Å². The zero-order valence-corrected chi connectivity index (χ0v) is 27.4. The Hall–Kier alpha value is 0.652. The summed E-state index contributed by atoms with van der Waals surface area (Å²) in [6, 6.07) is 0.719. The molecule has 0 aromatic carbocycles. The summed E-state index contributed by atoms with van der Waals surface area (Å²) in [5.41, 5.74) is 0. The van der Waals surface area contributed by atoms with E-state index in [4.69, 9.17) is 4.74 Å². The van der Waals surface area contributed by atoms with E-state index in [1.54, 1.807) is 12.3 Å². The molecule has 4 aliphatic heterocycles. The standard InChI is InChI=1S/C7H12N.C5H7NO.C5H7N.C5H5N.3Y/c1-7-5-3-4-6-8(7)2;1-6-2-4-7-5-3-6;2*1-6-4-2-3-5-6;;;/h6-7H,3,5H2,1-2H3;2-3H,4H2,1H3;4-5H,2H2,1H3;2,5H,1H3;;;/q+1;;;;;;. The quantitative estimate of drug-likeness (QED) is 0.382. The van der Waals surface area contributed by atoms with Crippen molar-refractivity contribution in [3.63, 3.8) is 0 Å². The molecule has 0 saturated heterocycles. The van der Waals surface area contributed by atoms with Gasteiger partial charge in [0.1, 0.15) is 0 Å². The SMILES string of the molecule is CC1CC[C+]=CN1C.CN1C=[C+]C[CH-]1.CN1C=[C+]OC[CH-]1.CN1[C-]=C[C+]=C1.[Y].[Y].[Y]. The first-order valence-corrected chi connectivity index (χ1v) is 9.05. The Balaban J connectivity index is -0.000000315. The molecule has 153 valence electrons. The third-order valence-corrected chi connectivity index (χ3v) is 3.89. The number of hydrogen-bond acceptors (Lipinski definition) is 5. The maximum Gasteiger partial charge on any atom is 0.499 e. The third kappa shape index (κ3) is 19.3. The van der Waals surface area contributed by atoms with Gasteiger partial charge in [0.2, 0.25) is 24.6 Å². The van der Waals surface area contributed by atoms with Crippen LogP contribution in [0.2, 0.25) is 0 Å². The molecule has 0 N–H and O–H groups in total. The average Bonchev–Trinajstić information content (AvgIpc) is 3.33. The Morgan fingerprint density at radius 1 is 0.933 bits per heavy atom. The van der Waals surface area contributed by atoms with Gasteiger partial charge in [0.15, 0.2) is 6.42 Å². The Bertz CT molecular complexity index is 526. The summed E-state index contributed by atoms with van der Waals surface area (Å²) in [7, 11) is 7.95. The molecule has 1 unspecified atom stereocenters. The first-order chi connectivity index (χ1) is 13.0. The van der Waals surface area contributed by atoms with Crippen LogP contribution in [-0.4, -0.2) is 60.4 Å². The van der Waals surface area contributed by atoms with Crippen molar-refractivity contribution in [3.05, 3.63) is 74.7 Å². The smallest absolute Gasteiger partial charge is 0.483 e. The van der Waals surface area contributed by atoms with E-state index in [-0.39, 0.29) is 98.1 Å². The van der Waals surface area contributed by atoms with Crippen molar-refractivity contribution in [2.75, 3.05) is 34.8 Å². The van der Waals surface area contributed by atoms with Crippen molar-refractivity contribution in [1.29, 1.82) is 0 Å². The molecule has 0 aliphatic carbocycles. The summed E-state index contributed by atoms with van der Waals surface area (Å²) < 4.78 is 4.74. The molecule has 0 fully saturated rings. The third-order valence-electron chi connectivity index (χ3n) is 3.89. The molecule has 0 amide bonds. The first-order valence-electron chi connectivity index (χ1n) is 9.05. The molecule has 0 aromatic heterocycles. The molecule has 1 atom stereocenters. The van der Waals surface area contributed by atoms with Gasteiger partial charge >= 0.3 is 6.26 Å². The van der Waals surface area contributed by atoms with E-state index in [0.717, 1.165) is 18.9 Å². The summed E-state index contributed by atoms with van der Waals surface area (Å²) in [6.45, 7) is 6.88. The molecule has 0 saturated carbocycles. The predicted molar refractivity (Wildman–Crippen MR) is 108 cm³/mol. The van der Waals surface area contributed by atoms with E-state index >= 15 is 0 Å². The van der Waals surface area contributed by atoms with Crippen LogP contribution in [0.4, 0.5) is 0 Å². The second-order valence-corrected chi connectivity index (χ2v) is 6.36. The fraction of sp³-hybridized carbons (Fsp3) is 0.455. The van der Waals surface area contributed by atoms with Gasteiger partial charge in [-0.05, 0) is 21.0 Å². The number of allylic oxidation sites excluding steroid dienone is 3. The molecule has 0 aromatic rings. The van der Waals surface area contributed by atoms with Crippen molar-refractivity contribution >= 4 is 0 Å². The largest absolute Gasteiger partial charge is 0.499 e. The summed E-state index contributed by atoms with van der Waals surface area (Å²) in [6.07, 6.45) is 27.1. The molecule has 4 aliphatic rings. The van der Waals surface area contributed by atoms with E-state index < -0.39 is 0 Å². The summed E-state index contributed by atoms with van der Waals surface area (Å²) >= 11 is 0. The maximum atomic E-state index is 4.74. The van der Waals surface area contributed by atoms with Crippen LogP contribution in [0.5, 0.6) is 0 Å². The minimum atomic E-state index is 0. The Morgan fingerprint density at radius 3 is 1.87 bits per heavy atom. The molecule has 3 radical (unpaired) electrons. The van der Waals surface area contributed by atoms with E-state index in [0.29, 0.717) is 6.61 Å². The normalized spacial score (nSPS) is 18.5. The van der Waals surface area contributed by atoms with Gasteiger partial charge in [0, 0.05) is 144 Å². The summed E-state index contributed by atoms with van der Waals surface area (Å²) in [5.74, 6) is 0. The van der Waals surface area contributed by atoms with Gasteiger partial charge in [-0.2, -0.15) is 13.1 Å². The second-order valence-electron chi connectivity index (χ2n) is 6.36. The summed E-state index contributed by atoms with van der Waals surface area (Å²) in [5, 5.41) is 0. The van der Waals surface area contributed by atoms with Crippen LogP contribution < -0.4 is 0 Å². The van der Waals surface area contributed by atoms with Gasteiger partial charge in [-0.25, -0.2) is 0 Å². The van der Waals surface area contributed by atoms with Gasteiger partial charge in [-0.1, -0.05) is 0 Å². The minimum Gasteiger partial charge on any atom is -0.483 e. The van der Waals surface area contributed by atoms with E-state index in [1.807, 2.05) is 61.0 Å².